The van der Waals surface area contributed by atoms with Gasteiger partial charge in [-0.15, -0.1) is 0 Å². The topological polar surface area (TPSA) is 56.8 Å². The van der Waals surface area contributed by atoms with Gasteiger partial charge in [-0.3, -0.25) is 4.90 Å². The van der Waals surface area contributed by atoms with Crippen molar-refractivity contribution in [2.45, 2.75) is 64.3 Å². The lowest BCUT2D eigenvalue weighted by Gasteiger charge is -2.45. The molecule has 0 aliphatic carbocycles. The van der Waals surface area contributed by atoms with Crippen LogP contribution >= 0.6 is 0 Å². The molecule has 6 nitrogen and oxygen atoms in total. The highest BCUT2D eigenvalue weighted by Gasteiger charge is 2.33. The van der Waals surface area contributed by atoms with E-state index in [0.717, 1.165) is 38.3 Å². The minimum absolute atomic E-state index is 0.000781. The van der Waals surface area contributed by atoms with E-state index < -0.39 is 0 Å². The van der Waals surface area contributed by atoms with Gasteiger partial charge in [0, 0.05) is 31.7 Å². The maximum atomic E-state index is 12.8. The molecular formula is C23H38N4O2. The highest BCUT2D eigenvalue weighted by atomic mass is 16.5. The van der Waals surface area contributed by atoms with E-state index in [1.165, 1.54) is 12.8 Å². The van der Waals surface area contributed by atoms with E-state index in [-0.39, 0.29) is 29.8 Å². The standard InChI is InChI=1S/C23H38N4O2/c1-18-14-27(15-19(2)29-18)23(3,4)17-24-22(28)25-21(16-26-12-8-9-13-26)20-10-6-5-7-11-20/h5-7,10-11,18-19,21H,8-9,12-17H2,1-4H3,(H2,24,25,28). The van der Waals surface area contributed by atoms with Crippen molar-refractivity contribution >= 4 is 6.03 Å². The highest BCUT2D eigenvalue weighted by Crippen LogP contribution is 2.21. The Labute approximate surface area is 176 Å². The van der Waals surface area contributed by atoms with Crippen LogP contribution in [-0.4, -0.2) is 72.8 Å². The van der Waals surface area contributed by atoms with Crippen molar-refractivity contribution < 1.29 is 9.53 Å². The van der Waals surface area contributed by atoms with Gasteiger partial charge in [-0.1, -0.05) is 30.3 Å². The van der Waals surface area contributed by atoms with Crippen LogP contribution in [0.15, 0.2) is 30.3 Å². The number of nitrogens with zero attached hydrogens (tertiary/aromatic N) is 2. The number of morpholine rings is 1. The number of urea groups is 1. The van der Waals surface area contributed by atoms with Crippen LogP contribution < -0.4 is 10.6 Å². The van der Waals surface area contributed by atoms with E-state index >= 15 is 0 Å². The van der Waals surface area contributed by atoms with Gasteiger partial charge in [-0.05, 0) is 59.2 Å². The molecule has 162 valence electrons. The number of likely N-dealkylation sites (tertiary alicyclic amines) is 1. The van der Waals surface area contributed by atoms with E-state index in [4.69, 9.17) is 4.74 Å². The number of ether oxygens (including phenoxy) is 1. The zero-order valence-electron chi connectivity index (χ0n) is 18.5. The second-order valence-electron chi connectivity index (χ2n) is 9.27. The van der Waals surface area contributed by atoms with Crippen LogP contribution in [0.3, 0.4) is 0 Å². The minimum atomic E-state index is -0.124. The molecule has 2 N–H and O–H groups in total. The fourth-order valence-corrected chi connectivity index (χ4v) is 4.43. The zero-order chi connectivity index (χ0) is 20.9. The fraction of sp³-hybridized carbons (Fsp3) is 0.696. The van der Waals surface area contributed by atoms with Gasteiger partial charge in [0.1, 0.15) is 0 Å². The van der Waals surface area contributed by atoms with E-state index in [1.807, 2.05) is 18.2 Å². The Morgan fingerprint density at radius 2 is 1.76 bits per heavy atom. The zero-order valence-corrected chi connectivity index (χ0v) is 18.5. The second kappa shape index (κ2) is 9.92. The van der Waals surface area contributed by atoms with Crippen LogP contribution in [0.4, 0.5) is 4.79 Å². The average molecular weight is 403 g/mol. The normalized spacial score (nSPS) is 25.0. The number of hydrogen-bond donors (Lipinski definition) is 2. The Kier molecular flexibility index (Phi) is 7.55. The number of carbonyl (C=O) groups excluding carboxylic acids is 1. The maximum absolute atomic E-state index is 12.8. The largest absolute Gasteiger partial charge is 0.373 e. The molecule has 3 atom stereocenters. The number of nitrogens with one attached hydrogen (secondary N) is 2. The Balaban J connectivity index is 1.56. The molecule has 2 fully saturated rings. The molecular weight excluding hydrogens is 364 g/mol. The molecule has 29 heavy (non-hydrogen) atoms. The molecule has 1 aromatic rings. The third kappa shape index (κ3) is 6.43. The van der Waals surface area contributed by atoms with Crippen molar-refractivity contribution in [3.63, 3.8) is 0 Å². The van der Waals surface area contributed by atoms with E-state index in [1.54, 1.807) is 0 Å². The molecule has 2 saturated heterocycles. The molecule has 3 unspecified atom stereocenters. The molecule has 0 bridgehead atoms. The van der Waals surface area contributed by atoms with E-state index in [2.05, 4.69) is 60.3 Å². The third-order valence-electron chi connectivity index (χ3n) is 6.10. The summed E-state index contributed by atoms with van der Waals surface area (Å²) in [6, 6.07) is 10.2. The highest BCUT2D eigenvalue weighted by molar-refractivity contribution is 5.74. The second-order valence-corrected chi connectivity index (χ2v) is 9.27. The van der Waals surface area contributed by atoms with E-state index in [9.17, 15) is 4.79 Å². The first kappa shape index (κ1) is 22.1. The summed E-state index contributed by atoms with van der Waals surface area (Å²) in [4.78, 5) is 17.6. The quantitative estimate of drug-likeness (QED) is 0.736. The van der Waals surface area contributed by atoms with Crippen molar-refractivity contribution in [2.24, 2.45) is 0 Å². The summed E-state index contributed by atoms with van der Waals surface area (Å²) in [7, 11) is 0. The maximum Gasteiger partial charge on any atom is 0.315 e. The molecule has 0 radical (unpaired) electrons. The summed E-state index contributed by atoms with van der Waals surface area (Å²) in [5, 5.41) is 6.34. The van der Waals surface area contributed by atoms with Crippen molar-refractivity contribution in [3.8, 4) is 0 Å². The first-order valence-corrected chi connectivity index (χ1v) is 11.1. The van der Waals surface area contributed by atoms with Crippen molar-refractivity contribution in [3.05, 3.63) is 35.9 Å². The predicted octanol–water partition coefficient (Wildman–Crippen LogP) is 3.01. The molecule has 0 saturated carbocycles. The molecule has 2 heterocycles. The summed E-state index contributed by atoms with van der Waals surface area (Å²) in [5.74, 6) is 0. The van der Waals surface area contributed by atoms with Gasteiger partial charge < -0.3 is 20.3 Å². The average Bonchev–Trinajstić information content (AvgIpc) is 3.19. The number of carbonyl (C=O) groups is 1. The first-order chi connectivity index (χ1) is 13.8. The third-order valence-corrected chi connectivity index (χ3v) is 6.10. The van der Waals surface area contributed by atoms with Crippen molar-refractivity contribution in [1.82, 2.24) is 20.4 Å². The van der Waals surface area contributed by atoms with Crippen LogP contribution in [0.2, 0.25) is 0 Å². The first-order valence-electron chi connectivity index (χ1n) is 11.1. The van der Waals surface area contributed by atoms with Crippen LogP contribution in [0, 0.1) is 0 Å². The fourth-order valence-electron chi connectivity index (χ4n) is 4.43. The van der Waals surface area contributed by atoms with Crippen molar-refractivity contribution in [1.29, 1.82) is 0 Å². The molecule has 1 aromatic carbocycles. The number of benzene rings is 1. The number of amides is 2. The smallest absolute Gasteiger partial charge is 0.315 e. The van der Waals surface area contributed by atoms with Crippen LogP contribution in [-0.2, 0) is 4.74 Å². The lowest BCUT2D eigenvalue weighted by atomic mass is 10.00. The molecule has 0 spiro atoms. The van der Waals surface area contributed by atoms with Gasteiger partial charge in [-0.25, -0.2) is 4.79 Å². The van der Waals surface area contributed by atoms with Crippen LogP contribution in [0.1, 0.15) is 52.1 Å². The van der Waals surface area contributed by atoms with Crippen molar-refractivity contribution in [2.75, 3.05) is 39.3 Å². The summed E-state index contributed by atoms with van der Waals surface area (Å²) in [6.45, 7) is 14.1. The molecule has 2 aliphatic rings. The monoisotopic (exact) mass is 402 g/mol. The number of rotatable bonds is 7. The predicted molar refractivity (Wildman–Crippen MR) is 117 cm³/mol. The van der Waals surface area contributed by atoms with Crippen LogP contribution in [0.5, 0.6) is 0 Å². The van der Waals surface area contributed by atoms with Gasteiger partial charge >= 0.3 is 6.03 Å². The SMILES string of the molecule is CC1CN(C(C)(C)CNC(=O)NC(CN2CCCC2)c2ccccc2)CC(C)O1. The summed E-state index contributed by atoms with van der Waals surface area (Å²) >= 11 is 0. The van der Waals surface area contributed by atoms with Gasteiger partial charge in [0.05, 0.1) is 18.2 Å². The molecule has 2 aliphatic heterocycles. The van der Waals surface area contributed by atoms with E-state index in [0.29, 0.717) is 6.54 Å². The summed E-state index contributed by atoms with van der Waals surface area (Å²) < 4.78 is 5.86. The van der Waals surface area contributed by atoms with Gasteiger partial charge in [0.15, 0.2) is 0 Å². The minimum Gasteiger partial charge on any atom is -0.373 e. The van der Waals surface area contributed by atoms with Gasteiger partial charge in [0.25, 0.3) is 0 Å². The van der Waals surface area contributed by atoms with Crippen LogP contribution in [0.25, 0.3) is 0 Å². The summed E-state index contributed by atoms with van der Waals surface area (Å²) in [6.07, 6.45) is 2.93. The Morgan fingerprint density at radius 3 is 2.38 bits per heavy atom. The lowest BCUT2D eigenvalue weighted by molar-refractivity contribution is -0.0947. The molecule has 0 aromatic heterocycles. The lowest BCUT2D eigenvalue weighted by Crippen LogP contribution is -2.59. The molecule has 6 heteroatoms. The van der Waals surface area contributed by atoms with Gasteiger partial charge in [-0.2, -0.15) is 0 Å². The Bertz CT molecular complexity index is 636. The van der Waals surface area contributed by atoms with Gasteiger partial charge in [0.2, 0.25) is 0 Å². The molecule has 3 rings (SSSR count). The molecule has 2 amide bonds. The number of hydrogen-bond acceptors (Lipinski definition) is 4. The summed E-state index contributed by atoms with van der Waals surface area (Å²) in [5.41, 5.74) is 1.03. The Morgan fingerprint density at radius 1 is 1.14 bits per heavy atom. The Hall–Kier alpha value is -1.63.